The SMILES string of the molecule is CCc1c(C)nc(SCC(=O)Nc2c(C)cc(C)cc2[N+](=O)[O-])[nH]c1=O. The Morgan fingerprint density at radius 1 is 1.35 bits per heavy atom. The fourth-order valence-corrected chi connectivity index (χ4v) is 3.34. The van der Waals surface area contributed by atoms with Gasteiger partial charge in [0.05, 0.1) is 10.7 Å². The van der Waals surface area contributed by atoms with Gasteiger partial charge in [-0.2, -0.15) is 0 Å². The molecule has 9 heteroatoms. The Labute approximate surface area is 154 Å². The number of nitrogens with one attached hydrogen (secondary N) is 2. The van der Waals surface area contributed by atoms with Crippen molar-refractivity contribution in [2.24, 2.45) is 0 Å². The molecule has 0 bridgehead atoms. The minimum Gasteiger partial charge on any atom is -0.319 e. The zero-order valence-electron chi connectivity index (χ0n) is 15.0. The van der Waals surface area contributed by atoms with Crippen LogP contribution in [0.1, 0.15) is 29.3 Å². The average Bonchev–Trinajstić information content (AvgIpc) is 2.54. The molecule has 26 heavy (non-hydrogen) atoms. The summed E-state index contributed by atoms with van der Waals surface area (Å²) in [5.74, 6) is -0.442. The number of hydrogen-bond donors (Lipinski definition) is 2. The Bertz CT molecular complexity index is 924. The van der Waals surface area contributed by atoms with Crippen LogP contribution >= 0.6 is 11.8 Å². The first kappa shape index (κ1) is 19.6. The van der Waals surface area contributed by atoms with Gasteiger partial charge in [-0.3, -0.25) is 19.7 Å². The third-order valence-electron chi connectivity index (χ3n) is 3.81. The lowest BCUT2D eigenvalue weighted by atomic mass is 10.1. The van der Waals surface area contributed by atoms with Gasteiger partial charge in [0.1, 0.15) is 5.69 Å². The van der Waals surface area contributed by atoms with Crippen molar-refractivity contribution in [2.45, 2.75) is 39.3 Å². The molecular weight excluding hydrogens is 356 g/mol. The minimum absolute atomic E-state index is 0.0294. The van der Waals surface area contributed by atoms with Gasteiger partial charge < -0.3 is 10.3 Å². The second-order valence-electron chi connectivity index (χ2n) is 5.86. The Balaban J connectivity index is 2.13. The van der Waals surface area contributed by atoms with Crippen LogP contribution in [0.2, 0.25) is 0 Å². The van der Waals surface area contributed by atoms with Gasteiger partial charge in [0, 0.05) is 17.3 Å². The van der Waals surface area contributed by atoms with Gasteiger partial charge in [0.25, 0.3) is 11.2 Å². The summed E-state index contributed by atoms with van der Waals surface area (Å²) in [6.45, 7) is 7.08. The smallest absolute Gasteiger partial charge is 0.293 e. The van der Waals surface area contributed by atoms with Crippen molar-refractivity contribution in [2.75, 3.05) is 11.1 Å². The number of benzene rings is 1. The second kappa shape index (κ2) is 8.13. The average molecular weight is 376 g/mol. The maximum absolute atomic E-state index is 12.2. The van der Waals surface area contributed by atoms with Crippen LogP contribution in [-0.2, 0) is 11.2 Å². The number of thioether (sulfide) groups is 1. The lowest BCUT2D eigenvalue weighted by Crippen LogP contribution is -2.19. The molecule has 0 aliphatic carbocycles. The summed E-state index contributed by atoms with van der Waals surface area (Å²) in [4.78, 5) is 41.8. The molecule has 1 aromatic heterocycles. The largest absolute Gasteiger partial charge is 0.319 e. The van der Waals surface area contributed by atoms with E-state index >= 15 is 0 Å². The zero-order chi connectivity index (χ0) is 19.4. The van der Waals surface area contributed by atoms with Crippen molar-refractivity contribution in [1.29, 1.82) is 0 Å². The van der Waals surface area contributed by atoms with Crippen molar-refractivity contribution < 1.29 is 9.72 Å². The number of nitro groups is 1. The van der Waals surface area contributed by atoms with Gasteiger partial charge in [0.15, 0.2) is 5.16 Å². The van der Waals surface area contributed by atoms with Gasteiger partial charge in [0.2, 0.25) is 5.91 Å². The van der Waals surface area contributed by atoms with Gasteiger partial charge in [-0.25, -0.2) is 4.98 Å². The van der Waals surface area contributed by atoms with E-state index < -0.39 is 10.8 Å². The predicted molar refractivity (Wildman–Crippen MR) is 101 cm³/mol. The van der Waals surface area contributed by atoms with Crippen LogP contribution in [0, 0.1) is 30.9 Å². The molecule has 8 nitrogen and oxygen atoms in total. The molecule has 0 aliphatic rings. The van der Waals surface area contributed by atoms with Crippen molar-refractivity contribution in [3.8, 4) is 0 Å². The standard InChI is InChI=1S/C17H20N4O4S/c1-5-12-11(4)18-17(20-16(12)23)26-8-14(22)19-15-10(3)6-9(2)7-13(15)21(24)25/h6-7H,5,8H2,1-4H3,(H,19,22)(H,18,20,23). The predicted octanol–water partition coefficient (Wildman–Crippen LogP) is 2.90. The monoisotopic (exact) mass is 376 g/mol. The molecule has 1 aromatic carbocycles. The van der Waals surface area contributed by atoms with Gasteiger partial charge in [-0.05, 0) is 38.3 Å². The Kier molecular flexibility index (Phi) is 6.14. The second-order valence-corrected chi connectivity index (χ2v) is 6.82. The fourth-order valence-electron chi connectivity index (χ4n) is 2.63. The van der Waals surface area contributed by atoms with E-state index in [9.17, 15) is 19.7 Å². The van der Waals surface area contributed by atoms with Crippen molar-refractivity contribution in [1.82, 2.24) is 9.97 Å². The van der Waals surface area contributed by atoms with E-state index in [1.165, 1.54) is 6.07 Å². The topological polar surface area (TPSA) is 118 Å². The highest BCUT2D eigenvalue weighted by molar-refractivity contribution is 7.99. The Morgan fingerprint density at radius 2 is 2.04 bits per heavy atom. The molecule has 0 saturated heterocycles. The first-order valence-corrected chi connectivity index (χ1v) is 8.99. The summed E-state index contributed by atoms with van der Waals surface area (Å²) in [6.07, 6.45) is 0.579. The van der Waals surface area contributed by atoms with Crippen LogP contribution in [0.3, 0.4) is 0 Å². The summed E-state index contributed by atoms with van der Waals surface area (Å²) < 4.78 is 0. The first-order chi connectivity index (χ1) is 12.2. The molecule has 0 saturated carbocycles. The molecule has 0 fully saturated rings. The highest BCUT2D eigenvalue weighted by Crippen LogP contribution is 2.29. The molecular formula is C17H20N4O4S. The van der Waals surface area contributed by atoms with E-state index in [1.54, 1.807) is 26.8 Å². The summed E-state index contributed by atoms with van der Waals surface area (Å²) in [7, 11) is 0. The van der Waals surface area contributed by atoms with Gasteiger partial charge in [-0.1, -0.05) is 24.8 Å². The fraction of sp³-hybridized carbons (Fsp3) is 0.353. The van der Waals surface area contributed by atoms with Crippen LogP contribution in [-0.4, -0.2) is 26.6 Å². The number of H-pyrrole nitrogens is 1. The molecule has 0 aliphatic heterocycles. The number of nitrogens with zero attached hydrogens (tertiary/aromatic N) is 2. The van der Waals surface area contributed by atoms with Gasteiger partial charge >= 0.3 is 0 Å². The number of aromatic amines is 1. The first-order valence-electron chi connectivity index (χ1n) is 8.01. The van der Waals surface area contributed by atoms with Gasteiger partial charge in [-0.15, -0.1) is 0 Å². The van der Waals surface area contributed by atoms with E-state index in [1.807, 2.05) is 6.92 Å². The highest BCUT2D eigenvalue weighted by Gasteiger charge is 2.19. The lowest BCUT2D eigenvalue weighted by Gasteiger charge is -2.10. The van der Waals surface area contributed by atoms with E-state index in [0.717, 1.165) is 17.3 Å². The number of carbonyl (C=O) groups is 1. The molecule has 138 valence electrons. The van der Waals surface area contributed by atoms with E-state index in [0.29, 0.717) is 28.4 Å². The maximum atomic E-state index is 12.2. The number of carbonyl (C=O) groups excluding carboxylic acids is 1. The number of nitro benzene ring substituents is 1. The molecule has 0 spiro atoms. The molecule has 2 aromatic rings. The van der Waals surface area contributed by atoms with Crippen LogP contribution in [0.5, 0.6) is 0 Å². The molecule has 0 radical (unpaired) electrons. The van der Waals surface area contributed by atoms with Crippen LogP contribution in [0.25, 0.3) is 0 Å². The van der Waals surface area contributed by atoms with Crippen molar-refractivity contribution in [3.05, 3.63) is 55.0 Å². The van der Waals surface area contributed by atoms with Crippen molar-refractivity contribution in [3.63, 3.8) is 0 Å². The molecule has 0 atom stereocenters. The molecule has 1 amide bonds. The van der Waals surface area contributed by atoms with E-state index in [2.05, 4.69) is 15.3 Å². The third kappa shape index (κ3) is 4.48. The van der Waals surface area contributed by atoms with Crippen LogP contribution in [0.15, 0.2) is 22.1 Å². The summed E-state index contributed by atoms with van der Waals surface area (Å²) in [6, 6.07) is 3.18. The van der Waals surface area contributed by atoms with E-state index in [-0.39, 0.29) is 22.7 Å². The molecule has 0 unspecified atom stereocenters. The number of aryl methyl sites for hydroxylation is 3. The van der Waals surface area contributed by atoms with Crippen LogP contribution in [0.4, 0.5) is 11.4 Å². The number of aromatic nitrogens is 2. The summed E-state index contributed by atoms with van der Waals surface area (Å²) in [5, 5.41) is 14.2. The van der Waals surface area contributed by atoms with Crippen molar-refractivity contribution >= 4 is 29.0 Å². The molecule has 2 rings (SSSR count). The maximum Gasteiger partial charge on any atom is 0.293 e. The number of anilines is 1. The molecule has 2 N–H and O–H groups in total. The minimum atomic E-state index is -0.519. The number of amides is 1. The summed E-state index contributed by atoms with van der Waals surface area (Å²) >= 11 is 1.07. The Morgan fingerprint density at radius 3 is 2.62 bits per heavy atom. The molecule has 1 heterocycles. The van der Waals surface area contributed by atoms with Crippen LogP contribution < -0.4 is 10.9 Å². The number of rotatable bonds is 6. The Hall–Kier alpha value is -2.68. The quantitative estimate of drug-likeness (QED) is 0.346. The summed E-state index contributed by atoms with van der Waals surface area (Å²) in [5.41, 5.74) is 2.43. The lowest BCUT2D eigenvalue weighted by molar-refractivity contribution is -0.384. The third-order valence-corrected chi connectivity index (χ3v) is 4.69. The zero-order valence-corrected chi connectivity index (χ0v) is 15.8. The normalized spacial score (nSPS) is 10.6. The van der Waals surface area contributed by atoms with E-state index in [4.69, 9.17) is 0 Å². The highest BCUT2D eigenvalue weighted by atomic mass is 32.2. The number of hydrogen-bond acceptors (Lipinski definition) is 6.